The molecule has 0 atom stereocenters. The van der Waals surface area contributed by atoms with Crippen LogP contribution in [0.3, 0.4) is 0 Å². The van der Waals surface area contributed by atoms with E-state index in [-0.39, 0.29) is 24.0 Å². The van der Waals surface area contributed by atoms with E-state index >= 15 is 0 Å². The molecule has 0 aliphatic carbocycles. The van der Waals surface area contributed by atoms with E-state index in [2.05, 4.69) is 57.1 Å². The average molecular weight is 494 g/mol. The van der Waals surface area contributed by atoms with Crippen LogP contribution in [0.25, 0.3) is 0 Å². The zero-order valence-corrected chi connectivity index (χ0v) is 19.1. The fourth-order valence-electron chi connectivity index (χ4n) is 3.26. The third kappa shape index (κ3) is 6.34. The zero-order chi connectivity index (χ0) is 19.1. The number of rotatable bonds is 6. The predicted molar refractivity (Wildman–Crippen MR) is 129 cm³/mol. The summed E-state index contributed by atoms with van der Waals surface area (Å²) in [5.74, 6) is 1.46. The molecule has 2 heterocycles. The molecule has 1 saturated heterocycles. The quantitative estimate of drug-likeness (QED) is 0.367. The number of guanidine groups is 1. The maximum Gasteiger partial charge on any atom is 0.193 e. The molecule has 1 fully saturated rings. The highest BCUT2D eigenvalue weighted by atomic mass is 127. The van der Waals surface area contributed by atoms with Gasteiger partial charge in [-0.1, -0.05) is 26.0 Å². The van der Waals surface area contributed by atoms with Crippen LogP contribution in [0.5, 0.6) is 0 Å². The van der Waals surface area contributed by atoms with E-state index in [0.29, 0.717) is 12.5 Å². The third-order valence-corrected chi connectivity index (χ3v) is 4.99. The molecular weight excluding hydrogens is 463 g/mol. The number of aromatic nitrogens is 1. The van der Waals surface area contributed by atoms with Crippen molar-refractivity contribution in [3.8, 4) is 0 Å². The van der Waals surface area contributed by atoms with E-state index in [1.54, 1.807) is 0 Å². The number of hydrogen-bond donors (Lipinski definition) is 2. The van der Waals surface area contributed by atoms with E-state index in [1.165, 1.54) is 5.56 Å². The van der Waals surface area contributed by atoms with Crippen LogP contribution in [0.1, 0.15) is 25.0 Å². The summed E-state index contributed by atoms with van der Waals surface area (Å²) >= 11 is 0. The number of aryl methyl sites for hydroxylation is 1. The number of likely N-dealkylation sites (N-methyl/N-ethyl adjacent to an activating group) is 1. The molecule has 0 amide bonds. The van der Waals surface area contributed by atoms with E-state index in [0.717, 1.165) is 56.2 Å². The molecule has 1 aromatic carbocycles. The monoisotopic (exact) mass is 494 g/mol. The zero-order valence-electron chi connectivity index (χ0n) is 16.8. The fraction of sp³-hybridized carbons (Fsp3) is 0.429. The van der Waals surface area contributed by atoms with Gasteiger partial charge in [0.15, 0.2) is 5.96 Å². The highest BCUT2D eigenvalue weighted by Gasteiger charge is 2.16. The van der Waals surface area contributed by atoms with Gasteiger partial charge in [-0.15, -0.1) is 24.0 Å². The first kappa shape index (κ1) is 22.4. The Morgan fingerprint density at radius 3 is 2.61 bits per heavy atom. The lowest BCUT2D eigenvalue weighted by Crippen LogP contribution is -2.46. The molecule has 0 radical (unpaired) electrons. The van der Waals surface area contributed by atoms with Gasteiger partial charge in [-0.05, 0) is 48.4 Å². The highest BCUT2D eigenvalue weighted by molar-refractivity contribution is 14.0. The molecule has 3 rings (SSSR count). The lowest BCUT2D eigenvalue weighted by molar-refractivity contribution is 0.270. The van der Waals surface area contributed by atoms with Gasteiger partial charge in [0, 0.05) is 38.1 Å². The second-order valence-corrected chi connectivity index (χ2v) is 6.82. The average Bonchev–Trinajstić information content (AvgIpc) is 2.72. The van der Waals surface area contributed by atoms with E-state index in [1.807, 2.05) is 24.4 Å². The van der Waals surface area contributed by atoms with Crippen molar-refractivity contribution in [3.05, 3.63) is 53.7 Å². The number of benzene rings is 1. The van der Waals surface area contributed by atoms with Crippen molar-refractivity contribution < 1.29 is 0 Å². The Kier molecular flexibility index (Phi) is 8.98. The topological polar surface area (TPSA) is 69.8 Å². The summed E-state index contributed by atoms with van der Waals surface area (Å²) in [6.07, 6.45) is 2.86. The molecule has 7 heteroatoms. The summed E-state index contributed by atoms with van der Waals surface area (Å²) in [5, 5.41) is 3.17. The second-order valence-electron chi connectivity index (χ2n) is 6.82. The van der Waals surface area contributed by atoms with Crippen molar-refractivity contribution in [1.29, 1.82) is 0 Å². The number of nitrogens with one attached hydrogen (secondary N) is 1. The van der Waals surface area contributed by atoms with E-state index < -0.39 is 0 Å². The number of anilines is 2. The Morgan fingerprint density at radius 2 is 1.89 bits per heavy atom. The molecule has 1 aliphatic rings. The van der Waals surface area contributed by atoms with Crippen LogP contribution in [-0.4, -0.2) is 48.6 Å². The number of pyridine rings is 1. The minimum Gasteiger partial charge on any atom is -0.370 e. The molecule has 0 saturated carbocycles. The second kappa shape index (κ2) is 11.2. The Balaban J connectivity index is 0.00000280. The maximum atomic E-state index is 6.06. The van der Waals surface area contributed by atoms with Gasteiger partial charge in [-0.25, -0.2) is 9.98 Å². The Bertz CT molecular complexity index is 771. The minimum atomic E-state index is 0. The lowest BCUT2D eigenvalue weighted by Gasteiger charge is -2.34. The molecule has 0 unspecified atom stereocenters. The molecule has 6 nitrogen and oxygen atoms in total. The number of halogens is 1. The van der Waals surface area contributed by atoms with Crippen molar-refractivity contribution in [3.63, 3.8) is 0 Å². The van der Waals surface area contributed by atoms with Crippen LogP contribution in [0.4, 0.5) is 11.5 Å². The van der Waals surface area contributed by atoms with Gasteiger partial charge in [-0.2, -0.15) is 0 Å². The van der Waals surface area contributed by atoms with E-state index in [9.17, 15) is 0 Å². The molecule has 3 N–H and O–H groups in total. The number of aliphatic imine (C=N–C) groups is 1. The summed E-state index contributed by atoms with van der Waals surface area (Å²) in [4.78, 5) is 13.8. The molecular formula is C21H31IN6. The maximum absolute atomic E-state index is 6.06. The molecule has 2 aromatic rings. The van der Waals surface area contributed by atoms with Gasteiger partial charge in [0.2, 0.25) is 0 Å². The molecule has 1 aromatic heterocycles. The van der Waals surface area contributed by atoms with Crippen molar-refractivity contribution >= 4 is 41.4 Å². The van der Waals surface area contributed by atoms with E-state index in [4.69, 9.17) is 5.73 Å². The van der Waals surface area contributed by atoms with Crippen LogP contribution >= 0.6 is 24.0 Å². The molecule has 0 bridgehead atoms. The van der Waals surface area contributed by atoms with Gasteiger partial charge in [0.05, 0.1) is 6.54 Å². The molecule has 28 heavy (non-hydrogen) atoms. The van der Waals surface area contributed by atoms with Crippen LogP contribution < -0.4 is 16.0 Å². The normalized spacial score (nSPS) is 15.2. The summed E-state index contributed by atoms with van der Waals surface area (Å²) in [6.45, 7) is 10.2. The Hall–Kier alpha value is -1.87. The number of nitrogens with zero attached hydrogens (tertiary/aromatic N) is 4. The van der Waals surface area contributed by atoms with Gasteiger partial charge < -0.3 is 20.9 Å². The first-order valence-electron chi connectivity index (χ1n) is 9.76. The fourth-order valence-corrected chi connectivity index (χ4v) is 3.26. The van der Waals surface area contributed by atoms with Gasteiger partial charge >= 0.3 is 0 Å². The lowest BCUT2D eigenvalue weighted by atomic mass is 10.1. The number of piperazine rings is 1. The molecule has 152 valence electrons. The third-order valence-electron chi connectivity index (χ3n) is 4.99. The van der Waals surface area contributed by atoms with Gasteiger partial charge in [-0.3, -0.25) is 0 Å². The van der Waals surface area contributed by atoms with Crippen molar-refractivity contribution in [2.45, 2.75) is 26.8 Å². The summed E-state index contributed by atoms with van der Waals surface area (Å²) in [7, 11) is 0. The Morgan fingerprint density at radius 1 is 1.11 bits per heavy atom. The van der Waals surface area contributed by atoms with Gasteiger partial charge in [0.1, 0.15) is 5.82 Å². The smallest absolute Gasteiger partial charge is 0.193 e. The highest BCUT2D eigenvalue weighted by Crippen LogP contribution is 2.16. The van der Waals surface area contributed by atoms with Crippen molar-refractivity contribution in [1.82, 2.24) is 9.88 Å². The van der Waals surface area contributed by atoms with Crippen molar-refractivity contribution in [2.24, 2.45) is 10.7 Å². The first-order chi connectivity index (χ1) is 13.2. The predicted octanol–water partition coefficient (Wildman–Crippen LogP) is 3.33. The number of hydrogen-bond acceptors (Lipinski definition) is 4. The van der Waals surface area contributed by atoms with Crippen molar-refractivity contribution in [2.75, 3.05) is 42.9 Å². The summed E-state index contributed by atoms with van der Waals surface area (Å²) in [6, 6.07) is 12.4. The summed E-state index contributed by atoms with van der Waals surface area (Å²) in [5.41, 5.74) is 9.42. The van der Waals surface area contributed by atoms with Crippen LogP contribution in [0.2, 0.25) is 0 Å². The minimum absolute atomic E-state index is 0. The van der Waals surface area contributed by atoms with Crippen LogP contribution in [0.15, 0.2) is 47.6 Å². The summed E-state index contributed by atoms with van der Waals surface area (Å²) < 4.78 is 0. The first-order valence-corrected chi connectivity index (χ1v) is 9.76. The standard InChI is InChI=1S/C21H30N6.HI/c1-3-17-6-5-7-19(14-17)25-21(22)24-16-18-8-9-23-20(15-18)27-12-10-26(4-2)11-13-27;/h5-9,14-15H,3-4,10-13,16H2,1-2H3,(H3,22,24,25);1H. The SMILES string of the molecule is CCc1cccc(NC(N)=NCc2ccnc(N3CCN(CC)CC3)c2)c1.I. The van der Waals surface area contributed by atoms with Gasteiger partial charge in [0.25, 0.3) is 0 Å². The Labute approximate surface area is 185 Å². The van der Waals surface area contributed by atoms with Crippen LogP contribution in [0, 0.1) is 0 Å². The van der Waals surface area contributed by atoms with Crippen LogP contribution in [-0.2, 0) is 13.0 Å². The number of nitrogens with two attached hydrogens (primary N) is 1. The largest absolute Gasteiger partial charge is 0.370 e. The molecule has 1 aliphatic heterocycles. The molecule has 0 spiro atoms.